The minimum Gasteiger partial charge on any atom is -0.472 e. The van der Waals surface area contributed by atoms with Crippen molar-refractivity contribution in [3.63, 3.8) is 0 Å². The van der Waals surface area contributed by atoms with E-state index in [0.29, 0.717) is 36.8 Å². The monoisotopic (exact) mass is 493 g/mol. The van der Waals surface area contributed by atoms with E-state index in [1.165, 1.54) is 0 Å². The molecule has 0 aliphatic carbocycles. The fourth-order valence-electron chi connectivity index (χ4n) is 4.30. The third-order valence-electron chi connectivity index (χ3n) is 6.05. The average Bonchev–Trinajstić information content (AvgIpc) is 3.58. The van der Waals surface area contributed by atoms with Gasteiger partial charge in [-0.1, -0.05) is 41.7 Å². The molecule has 1 aliphatic rings. The zero-order chi connectivity index (χ0) is 24.5. The summed E-state index contributed by atoms with van der Waals surface area (Å²) in [7, 11) is 0. The number of carbonyl (C=O) groups is 1. The summed E-state index contributed by atoms with van der Waals surface area (Å²) in [6.45, 7) is 7.48. The quantitative estimate of drug-likeness (QED) is 0.340. The largest absolute Gasteiger partial charge is 0.472 e. The van der Waals surface area contributed by atoms with Crippen molar-refractivity contribution in [2.45, 2.75) is 46.3 Å². The topological polar surface area (TPSA) is 84.6 Å². The Morgan fingerprint density at radius 2 is 1.89 bits per heavy atom. The van der Waals surface area contributed by atoms with Crippen molar-refractivity contribution in [1.29, 1.82) is 0 Å². The minimum absolute atomic E-state index is 0.0133. The van der Waals surface area contributed by atoms with E-state index < -0.39 is 6.29 Å². The molecule has 0 atom stereocenters. The Balaban J connectivity index is 1.52. The highest BCUT2D eigenvalue weighted by molar-refractivity contribution is 7.16. The summed E-state index contributed by atoms with van der Waals surface area (Å²) >= 11 is 1.15. The molecule has 8 nitrogen and oxygen atoms in total. The third-order valence-corrected chi connectivity index (χ3v) is 6.99. The van der Waals surface area contributed by atoms with Gasteiger partial charge in [0, 0.05) is 5.56 Å². The van der Waals surface area contributed by atoms with Crippen LogP contribution < -0.4 is 9.61 Å². The summed E-state index contributed by atoms with van der Waals surface area (Å²) in [6.07, 6.45) is 1.10. The van der Waals surface area contributed by atoms with Crippen molar-refractivity contribution >= 4 is 27.3 Å². The molecule has 0 saturated carbocycles. The van der Waals surface area contributed by atoms with E-state index >= 15 is 0 Å². The van der Waals surface area contributed by atoms with Crippen molar-refractivity contribution in [3.8, 4) is 5.88 Å². The fraction of sp³-hybridized carbons (Fsp3) is 0.346. The Hall–Kier alpha value is -3.27. The van der Waals surface area contributed by atoms with E-state index in [1.54, 1.807) is 21.5 Å². The molecule has 3 heterocycles. The first-order valence-electron chi connectivity index (χ1n) is 11.6. The van der Waals surface area contributed by atoms with Gasteiger partial charge in [-0.3, -0.25) is 14.2 Å². The summed E-state index contributed by atoms with van der Waals surface area (Å²) in [6, 6.07) is 13.4. The highest BCUT2D eigenvalue weighted by Crippen LogP contribution is 2.30. The first-order chi connectivity index (χ1) is 16.9. The second-order valence-electron chi connectivity index (χ2n) is 8.74. The van der Waals surface area contributed by atoms with E-state index in [4.69, 9.17) is 14.2 Å². The van der Waals surface area contributed by atoms with Crippen LogP contribution in [0.25, 0.3) is 10.2 Å². The van der Waals surface area contributed by atoms with Gasteiger partial charge in [0.25, 0.3) is 0 Å². The number of ether oxygens (including phenoxy) is 3. The second kappa shape index (κ2) is 9.77. The number of aryl methyl sites for hydroxylation is 1. The molecule has 4 aromatic rings. The number of nitrogens with zero attached hydrogens (tertiary/aromatic N) is 3. The van der Waals surface area contributed by atoms with Crippen molar-refractivity contribution in [2.24, 2.45) is 0 Å². The predicted molar refractivity (Wildman–Crippen MR) is 133 cm³/mol. The molecular weight excluding hydrogens is 466 g/mol. The van der Waals surface area contributed by atoms with E-state index in [9.17, 15) is 9.59 Å². The lowest BCUT2D eigenvalue weighted by molar-refractivity contribution is -0.0520. The molecule has 5 rings (SSSR count). The smallest absolute Gasteiger partial charge is 0.308 e. The lowest BCUT2D eigenvalue weighted by atomic mass is 10.00. The number of benzene rings is 2. The maximum Gasteiger partial charge on any atom is 0.308 e. The summed E-state index contributed by atoms with van der Waals surface area (Å²) in [5.41, 5.74) is 3.36. The maximum atomic E-state index is 13.8. The van der Waals surface area contributed by atoms with Crippen LogP contribution in [0.2, 0.25) is 0 Å². The first kappa shape index (κ1) is 23.5. The number of ketones is 1. The normalized spacial score (nSPS) is 14.3. The van der Waals surface area contributed by atoms with Crippen LogP contribution in [0.5, 0.6) is 5.88 Å². The van der Waals surface area contributed by atoms with Gasteiger partial charge in [-0.25, -0.2) is 4.68 Å². The van der Waals surface area contributed by atoms with Crippen LogP contribution in [0, 0.1) is 6.92 Å². The molecule has 182 valence electrons. The van der Waals surface area contributed by atoms with Crippen LogP contribution in [0.15, 0.2) is 53.5 Å². The summed E-state index contributed by atoms with van der Waals surface area (Å²) in [5.74, 6) is 0.238. The van der Waals surface area contributed by atoms with Crippen molar-refractivity contribution in [3.05, 3.63) is 80.6 Å². The summed E-state index contributed by atoms with van der Waals surface area (Å²) in [4.78, 5) is 26.4. The Bertz CT molecular complexity index is 1410. The molecule has 1 aliphatic heterocycles. The number of hydrogen-bond acceptors (Lipinski definition) is 7. The van der Waals surface area contributed by atoms with Crippen LogP contribution in [0.3, 0.4) is 0 Å². The van der Waals surface area contributed by atoms with Gasteiger partial charge in [-0.2, -0.15) is 5.10 Å². The van der Waals surface area contributed by atoms with Gasteiger partial charge in [-0.05, 0) is 44.0 Å². The number of hydrogen-bond donors (Lipinski definition) is 0. The average molecular weight is 494 g/mol. The molecule has 9 heteroatoms. The van der Waals surface area contributed by atoms with Crippen molar-refractivity contribution < 1.29 is 19.0 Å². The molecule has 1 fully saturated rings. The summed E-state index contributed by atoms with van der Waals surface area (Å²) in [5, 5.41) is 4.44. The van der Waals surface area contributed by atoms with Crippen LogP contribution in [-0.2, 0) is 22.6 Å². The Morgan fingerprint density at radius 3 is 2.60 bits per heavy atom. The summed E-state index contributed by atoms with van der Waals surface area (Å²) < 4.78 is 21.4. The number of carbonyl (C=O) groups excluding carboxylic acids is 1. The van der Waals surface area contributed by atoms with Crippen molar-refractivity contribution in [1.82, 2.24) is 14.3 Å². The van der Waals surface area contributed by atoms with Crippen LogP contribution in [-0.4, -0.2) is 39.6 Å². The van der Waals surface area contributed by atoms with Crippen LogP contribution in [0.4, 0.5) is 0 Å². The highest BCUT2D eigenvalue weighted by Gasteiger charge is 2.26. The van der Waals surface area contributed by atoms with Gasteiger partial charge in [0.1, 0.15) is 12.2 Å². The van der Waals surface area contributed by atoms with Crippen LogP contribution >= 0.6 is 11.3 Å². The molecule has 2 aromatic carbocycles. The lowest BCUT2D eigenvalue weighted by Crippen LogP contribution is -2.23. The van der Waals surface area contributed by atoms with E-state index in [1.807, 2.05) is 57.2 Å². The number of rotatable bonds is 8. The van der Waals surface area contributed by atoms with Gasteiger partial charge in [0.2, 0.25) is 5.88 Å². The molecule has 0 spiro atoms. The van der Waals surface area contributed by atoms with E-state index in [2.05, 4.69) is 5.10 Å². The van der Waals surface area contributed by atoms with Crippen LogP contribution in [0.1, 0.15) is 46.9 Å². The van der Waals surface area contributed by atoms with Crippen molar-refractivity contribution in [2.75, 3.05) is 13.2 Å². The fourth-order valence-corrected chi connectivity index (χ4v) is 5.26. The van der Waals surface area contributed by atoms with Gasteiger partial charge >= 0.3 is 4.87 Å². The van der Waals surface area contributed by atoms with Gasteiger partial charge in [-0.15, -0.1) is 0 Å². The molecule has 1 saturated heterocycles. The van der Waals surface area contributed by atoms with E-state index in [0.717, 1.165) is 32.7 Å². The molecule has 0 radical (unpaired) electrons. The second-order valence-corrected chi connectivity index (χ2v) is 9.73. The molecule has 2 aromatic heterocycles. The highest BCUT2D eigenvalue weighted by atomic mass is 32.1. The SMILES string of the molecule is Cc1c(C(=O)c2cnn(C(C)C)c2OCc2ccccc2)ccc2sc(=O)n(CC3OCCO3)c12. The zero-order valence-corrected chi connectivity index (χ0v) is 20.7. The molecule has 0 N–H and O–H groups in total. The number of thiazole rings is 1. The zero-order valence-electron chi connectivity index (χ0n) is 19.9. The molecule has 0 bridgehead atoms. The Morgan fingerprint density at radius 1 is 1.14 bits per heavy atom. The number of aromatic nitrogens is 3. The molecular formula is C26H27N3O5S. The molecule has 35 heavy (non-hydrogen) atoms. The predicted octanol–water partition coefficient (Wildman–Crippen LogP) is 4.33. The van der Waals surface area contributed by atoms with Gasteiger partial charge in [0.15, 0.2) is 12.1 Å². The van der Waals surface area contributed by atoms with Gasteiger partial charge < -0.3 is 14.2 Å². The lowest BCUT2D eigenvalue weighted by Gasteiger charge is -2.15. The van der Waals surface area contributed by atoms with E-state index in [-0.39, 0.29) is 23.2 Å². The number of fused-ring (bicyclic) bond motifs is 1. The van der Waals surface area contributed by atoms with Gasteiger partial charge in [0.05, 0.1) is 42.2 Å². The molecule has 0 amide bonds. The molecule has 0 unspecified atom stereocenters. The Labute approximate surface area is 206 Å². The third kappa shape index (κ3) is 4.54. The standard InChI is InChI=1S/C26H27N3O5S/c1-16(2)29-25(34-15-18-7-5-4-6-8-18)20(13-27-29)24(30)19-9-10-21-23(17(19)3)28(26(31)35-21)14-22-32-11-12-33-22/h4-10,13,16,22H,11-12,14-15H2,1-3H3. The minimum atomic E-state index is -0.466. The maximum absolute atomic E-state index is 13.8. The first-order valence-corrected chi connectivity index (χ1v) is 12.4. The Kier molecular flexibility index (Phi) is 6.55.